The first-order chi connectivity index (χ1) is 6.94. The fourth-order valence-electron chi connectivity index (χ4n) is 1.61. The second-order valence-electron chi connectivity index (χ2n) is 3.87. The summed E-state index contributed by atoms with van der Waals surface area (Å²) in [5, 5.41) is 3.11. The molecule has 0 aromatic heterocycles. The maximum Gasteiger partial charge on any atom is 0.239 e. The molecule has 0 spiro atoms. The minimum absolute atomic E-state index is 0.0207. The van der Waals surface area contributed by atoms with E-state index >= 15 is 0 Å². The molecule has 0 aromatic rings. The van der Waals surface area contributed by atoms with Crippen LogP contribution in [0, 0.1) is 0 Å². The van der Waals surface area contributed by atoms with E-state index in [1.165, 1.54) is 6.26 Å². The minimum atomic E-state index is -2.99. The monoisotopic (exact) mass is 234 g/mol. The highest BCUT2D eigenvalue weighted by Crippen LogP contribution is 2.04. The Morgan fingerprint density at radius 1 is 1.53 bits per heavy atom. The van der Waals surface area contributed by atoms with Crippen molar-refractivity contribution >= 4 is 15.7 Å². The molecule has 0 aromatic carbocycles. The van der Waals surface area contributed by atoms with Crippen LogP contribution in [-0.4, -0.2) is 56.9 Å². The van der Waals surface area contributed by atoms with Gasteiger partial charge in [0, 0.05) is 25.9 Å². The summed E-state index contributed by atoms with van der Waals surface area (Å²) in [4.78, 5) is 13.4. The van der Waals surface area contributed by atoms with Crippen LogP contribution in [0.25, 0.3) is 0 Å². The van der Waals surface area contributed by atoms with Gasteiger partial charge in [0.2, 0.25) is 5.91 Å². The second kappa shape index (κ2) is 4.94. The number of sulfone groups is 1. The maximum atomic E-state index is 11.7. The Hall–Kier alpha value is -0.620. The lowest BCUT2D eigenvalue weighted by Gasteiger charge is -2.32. The van der Waals surface area contributed by atoms with Crippen molar-refractivity contribution in [3.05, 3.63) is 0 Å². The number of carbonyl (C=O) groups is 1. The summed E-state index contributed by atoms with van der Waals surface area (Å²) in [5.41, 5.74) is 0. The van der Waals surface area contributed by atoms with Gasteiger partial charge in [-0.05, 0) is 6.42 Å². The number of amides is 1. The van der Waals surface area contributed by atoms with Crippen molar-refractivity contribution in [3.8, 4) is 0 Å². The van der Waals surface area contributed by atoms with Crippen molar-refractivity contribution in [2.24, 2.45) is 0 Å². The largest absolute Gasteiger partial charge is 0.339 e. The summed E-state index contributed by atoms with van der Waals surface area (Å²) in [6.07, 6.45) is 1.94. The lowest BCUT2D eigenvalue weighted by atomic mass is 10.1. The van der Waals surface area contributed by atoms with Crippen LogP contribution in [0.3, 0.4) is 0 Å². The van der Waals surface area contributed by atoms with Crippen molar-refractivity contribution < 1.29 is 13.2 Å². The molecule has 1 amide bonds. The van der Waals surface area contributed by atoms with Gasteiger partial charge >= 0.3 is 0 Å². The van der Waals surface area contributed by atoms with E-state index in [9.17, 15) is 13.2 Å². The zero-order chi connectivity index (χ0) is 11.5. The molecule has 1 unspecified atom stereocenters. The summed E-state index contributed by atoms with van der Waals surface area (Å²) >= 11 is 0. The molecule has 1 aliphatic rings. The number of carbonyl (C=O) groups excluding carboxylic acids is 1. The SMILES string of the molecule is CCC1NCCN(CCS(C)(=O)=O)C1=O. The van der Waals surface area contributed by atoms with Gasteiger partial charge < -0.3 is 10.2 Å². The van der Waals surface area contributed by atoms with Gasteiger partial charge in [0.25, 0.3) is 0 Å². The molecule has 6 heteroatoms. The van der Waals surface area contributed by atoms with Crippen LogP contribution in [-0.2, 0) is 14.6 Å². The molecule has 5 nitrogen and oxygen atoms in total. The number of rotatable bonds is 4. The fourth-order valence-corrected chi connectivity index (χ4v) is 2.16. The lowest BCUT2D eigenvalue weighted by molar-refractivity contribution is -0.135. The van der Waals surface area contributed by atoms with E-state index in [1.807, 2.05) is 6.92 Å². The summed E-state index contributed by atoms with van der Waals surface area (Å²) in [7, 11) is -2.99. The van der Waals surface area contributed by atoms with Crippen molar-refractivity contribution in [1.82, 2.24) is 10.2 Å². The number of hydrogen-bond donors (Lipinski definition) is 1. The molecule has 1 heterocycles. The van der Waals surface area contributed by atoms with Crippen molar-refractivity contribution in [1.29, 1.82) is 0 Å². The molecular weight excluding hydrogens is 216 g/mol. The van der Waals surface area contributed by atoms with E-state index in [1.54, 1.807) is 4.90 Å². The third-order valence-corrected chi connectivity index (χ3v) is 3.45. The highest BCUT2D eigenvalue weighted by Gasteiger charge is 2.26. The van der Waals surface area contributed by atoms with Gasteiger partial charge in [0.05, 0.1) is 11.8 Å². The number of nitrogens with zero attached hydrogens (tertiary/aromatic N) is 1. The second-order valence-corrected chi connectivity index (χ2v) is 6.13. The Labute approximate surface area is 90.7 Å². The van der Waals surface area contributed by atoms with Crippen LogP contribution in [0.5, 0.6) is 0 Å². The zero-order valence-electron chi connectivity index (χ0n) is 9.19. The number of piperazine rings is 1. The summed E-state index contributed by atoms with van der Waals surface area (Å²) in [6, 6.07) is -0.140. The first-order valence-electron chi connectivity index (χ1n) is 5.14. The Morgan fingerprint density at radius 2 is 2.20 bits per heavy atom. The Kier molecular flexibility index (Phi) is 4.10. The lowest BCUT2D eigenvalue weighted by Crippen LogP contribution is -2.55. The fraction of sp³-hybridized carbons (Fsp3) is 0.889. The summed E-state index contributed by atoms with van der Waals surface area (Å²) in [5.74, 6) is 0.0715. The topological polar surface area (TPSA) is 66.5 Å². The third-order valence-electron chi connectivity index (χ3n) is 2.52. The quantitative estimate of drug-likeness (QED) is 0.694. The third kappa shape index (κ3) is 3.79. The molecule has 1 atom stereocenters. The van der Waals surface area contributed by atoms with Crippen LogP contribution in [0.2, 0.25) is 0 Å². The van der Waals surface area contributed by atoms with E-state index in [0.717, 1.165) is 13.0 Å². The average molecular weight is 234 g/mol. The molecule has 1 rings (SSSR count). The van der Waals surface area contributed by atoms with Crippen LogP contribution in [0.15, 0.2) is 0 Å². The van der Waals surface area contributed by atoms with Crippen molar-refractivity contribution in [2.45, 2.75) is 19.4 Å². The van der Waals surface area contributed by atoms with Gasteiger partial charge in [0.1, 0.15) is 9.84 Å². The summed E-state index contributed by atoms with van der Waals surface area (Å²) < 4.78 is 22.0. The van der Waals surface area contributed by atoms with Crippen LogP contribution >= 0.6 is 0 Å². The molecule has 1 aliphatic heterocycles. The van der Waals surface area contributed by atoms with Crippen LogP contribution in [0.4, 0.5) is 0 Å². The van der Waals surface area contributed by atoms with Crippen molar-refractivity contribution in [3.63, 3.8) is 0 Å². The Bertz CT molecular complexity index is 326. The molecule has 0 bridgehead atoms. The van der Waals surface area contributed by atoms with Gasteiger partial charge in [-0.15, -0.1) is 0 Å². The van der Waals surface area contributed by atoms with Gasteiger partial charge in [-0.25, -0.2) is 8.42 Å². The Balaban J connectivity index is 2.51. The molecule has 0 saturated carbocycles. The number of hydrogen-bond acceptors (Lipinski definition) is 4. The van der Waals surface area contributed by atoms with Gasteiger partial charge in [-0.3, -0.25) is 4.79 Å². The first kappa shape index (κ1) is 12.4. The predicted octanol–water partition coefficient (Wildman–Crippen LogP) is -0.759. The normalized spacial score (nSPS) is 23.2. The molecular formula is C9H18N2O3S. The van der Waals surface area contributed by atoms with Gasteiger partial charge in [-0.2, -0.15) is 0 Å². The molecule has 0 radical (unpaired) electrons. The standard InChI is InChI=1S/C9H18N2O3S/c1-3-8-9(12)11(5-4-10-8)6-7-15(2,13)14/h8,10H,3-7H2,1-2H3. The van der Waals surface area contributed by atoms with E-state index in [2.05, 4.69) is 5.32 Å². The zero-order valence-corrected chi connectivity index (χ0v) is 10.0. The molecule has 88 valence electrons. The van der Waals surface area contributed by atoms with Crippen molar-refractivity contribution in [2.75, 3.05) is 31.6 Å². The predicted molar refractivity (Wildman–Crippen MR) is 58.4 cm³/mol. The number of nitrogens with one attached hydrogen (secondary N) is 1. The highest BCUT2D eigenvalue weighted by atomic mass is 32.2. The van der Waals surface area contributed by atoms with Crippen LogP contribution < -0.4 is 5.32 Å². The molecule has 1 fully saturated rings. The van der Waals surface area contributed by atoms with Crippen LogP contribution in [0.1, 0.15) is 13.3 Å². The highest BCUT2D eigenvalue weighted by molar-refractivity contribution is 7.90. The average Bonchev–Trinajstić information content (AvgIpc) is 2.15. The van der Waals surface area contributed by atoms with E-state index in [0.29, 0.717) is 13.1 Å². The summed E-state index contributed by atoms with van der Waals surface area (Å²) in [6.45, 7) is 3.60. The molecule has 0 aliphatic carbocycles. The van der Waals surface area contributed by atoms with Gasteiger partial charge in [-0.1, -0.05) is 6.92 Å². The Morgan fingerprint density at radius 3 is 2.73 bits per heavy atom. The minimum Gasteiger partial charge on any atom is -0.339 e. The maximum absolute atomic E-state index is 11.7. The van der Waals surface area contributed by atoms with Gasteiger partial charge in [0.15, 0.2) is 0 Å². The molecule has 1 N–H and O–H groups in total. The van der Waals surface area contributed by atoms with E-state index < -0.39 is 9.84 Å². The van der Waals surface area contributed by atoms with E-state index in [4.69, 9.17) is 0 Å². The smallest absolute Gasteiger partial charge is 0.239 e. The first-order valence-corrected chi connectivity index (χ1v) is 7.20. The molecule has 15 heavy (non-hydrogen) atoms. The molecule has 1 saturated heterocycles. The van der Waals surface area contributed by atoms with E-state index in [-0.39, 0.29) is 17.7 Å².